The highest BCUT2D eigenvalue weighted by Crippen LogP contribution is 2.20. The van der Waals surface area contributed by atoms with Gasteiger partial charge in [0.2, 0.25) is 0 Å². The van der Waals surface area contributed by atoms with Gasteiger partial charge in [0.05, 0.1) is 6.61 Å². The van der Waals surface area contributed by atoms with Crippen LogP contribution in [0.25, 0.3) is 0 Å². The van der Waals surface area contributed by atoms with E-state index in [1.165, 1.54) is 0 Å². The van der Waals surface area contributed by atoms with Crippen LogP contribution < -0.4 is 10.1 Å². The highest BCUT2D eigenvalue weighted by Gasteiger charge is 2.03. The molecule has 0 radical (unpaired) electrons. The second-order valence-electron chi connectivity index (χ2n) is 3.61. The minimum Gasteiger partial charge on any atom is -0.490 e. The summed E-state index contributed by atoms with van der Waals surface area (Å²) in [5.41, 5.74) is 0. The molecule has 4 nitrogen and oxygen atoms in total. The van der Waals surface area contributed by atoms with E-state index in [0.29, 0.717) is 6.61 Å². The number of pyridine rings is 1. The average Bonchev–Trinajstić information content (AvgIpc) is 2.31. The quantitative estimate of drug-likeness (QED) is 0.765. The van der Waals surface area contributed by atoms with Crippen molar-refractivity contribution < 1.29 is 4.74 Å². The first-order chi connectivity index (χ1) is 7.77. The first-order valence-electron chi connectivity index (χ1n) is 5.78. The van der Waals surface area contributed by atoms with Gasteiger partial charge in [0.1, 0.15) is 0 Å². The molecule has 0 fully saturated rings. The summed E-state index contributed by atoms with van der Waals surface area (Å²) < 4.78 is 5.48. The Labute approximate surface area is 97.6 Å². The molecule has 0 saturated carbocycles. The van der Waals surface area contributed by atoms with Crippen molar-refractivity contribution in [2.24, 2.45) is 0 Å². The normalized spacial score (nSPS) is 10.5. The van der Waals surface area contributed by atoms with Crippen LogP contribution in [-0.4, -0.2) is 43.2 Å². The lowest BCUT2D eigenvalue weighted by Gasteiger charge is -2.15. The van der Waals surface area contributed by atoms with E-state index < -0.39 is 0 Å². The summed E-state index contributed by atoms with van der Waals surface area (Å²) in [6, 6.07) is 3.82. The van der Waals surface area contributed by atoms with Gasteiger partial charge in [-0.2, -0.15) is 0 Å². The number of rotatable bonds is 7. The molecule has 0 amide bonds. The lowest BCUT2D eigenvalue weighted by Crippen LogP contribution is -2.25. The summed E-state index contributed by atoms with van der Waals surface area (Å²) >= 11 is 0. The van der Waals surface area contributed by atoms with Gasteiger partial charge < -0.3 is 15.0 Å². The van der Waals surface area contributed by atoms with Crippen molar-refractivity contribution in [2.75, 3.05) is 38.6 Å². The fraction of sp³-hybridized carbons (Fsp3) is 0.583. The average molecular weight is 223 g/mol. The van der Waals surface area contributed by atoms with Gasteiger partial charge in [-0.25, -0.2) is 4.98 Å². The summed E-state index contributed by atoms with van der Waals surface area (Å²) in [5.74, 6) is 1.65. The second-order valence-corrected chi connectivity index (χ2v) is 3.61. The standard InChI is InChI=1S/C12H21N3O/c1-4-15(3)10-9-14-12-11(16-5-2)7-6-8-13-12/h6-8H,4-5,9-10H2,1-3H3,(H,13,14). The smallest absolute Gasteiger partial charge is 0.168 e. The van der Waals surface area contributed by atoms with Crippen LogP contribution in [0.3, 0.4) is 0 Å². The van der Waals surface area contributed by atoms with E-state index in [9.17, 15) is 0 Å². The molecule has 90 valence electrons. The van der Waals surface area contributed by atoms with E-state index in [4.69, 9.17) is 4.74 Å². The summed E-state index contributed by atoms with van der Waals surface area (Å²) in [6.07, 6.45) is 1.77. The lowest BCUT2D eigenvalue weighted by molar-refractivity contribution is 0.339. The maximum Gasteiger partial charge on any atom is 0.168 e. The number of hydrogen-bond donors (Lipinski definition) is 1. The molecule has 0 saturated heterocycles. The van der Waals surface area contributed by atoms with Crippen LogP contribution in [-0.2, 0) is 0 Å². The number of anilines is 1. The highest BCUT2D eigenvalue weighted by molar-refractivity contribution is 5.49. The second kappa shape index (κ2) is 7.06. The van der Waals surface area contributed by atoms with Crippen LogP contribution in [0.2, 0.25) is 0 Å². The fourth-order valence-corrected chi connectivity index (χ4v) is 1.32. The van der Waals surface area contributed by atoms with Crippen molar-refractivity contribution in [2.45, 2.75) is 13.8 Å². The van der Waals surface area contributed by atoms with Crippen molar-refractivity contribution in [3.05, 3.63) is 18.3 Å². The molecule has 0 aliphatic rings. The van der Waals surface area contributed by atoms with Gasteiger partial charge in [-0.3, -0.25) is 0 Å². The minimum atomic E-state index is 0.662. The van der Waals surface area contributed by atoms with Gasteiger partial charge in [-0.1, -0.05) is 6.92 Å². The Balaban J connectivity index is 2.46. The molecular formula is C12H21N3O. The molecule has 1 aromatic rings. The minimum absolute atomic E-state index is 0.662. The van der Waals surface area contributed by atoms with E-state index >= 15 is 0 Å². The number of nitrogens with zero attached hydrogens (tertiary/aromatic N) is 2. The third-order valence-electron chi connectivity index (χ3n) is 2.40. The van der Waals surface area contributed by atoms with E-state index in [1.54, 1.807) is 6.20 Å². The topological polar surface area (TPSA) is 37.4 Å². The molecule has 0 spiro atoms. The molecule has 0 aliphatic heterocycles. The lowest BCUT2D eigenvalue weighted by atomic mass is 10.4. The highest BCUT2D eigenvalue weighted by atomic mass is 16.5. The van der Waals surface area contributed by atoms with Crippen LogP contribution in [0.1, 0.15) is 13.8 Å². The number of aromatic nitrogens is 1. The summed E-state index contributed by atoms with van der Waals surface area (Å²) in [6.45, 7) is 7.71. The van der Waals surface area contributed by atoms with Gasteiger partial charge in [0, 0.05) is 19.3 Å². The Morgan fingerprint density at radius 2 is 2.25 bits per heavy atom. The summed E-state index contributed by atoms with van der Waals surface area (Å²) in [5, 5.41) is 3.29. The van der Waals surface area contributed by atoms with E-state index in [2.05, 4.69) is 29.2 Å². The molecule has 0 unspecified atom stereocenters. The predicted molar refractivity (Wildman–Crippen MR) is 67.1 cm³/mol. The molecule has 0 aromatic carbocycles. The zero-order valence-electron chi connectivity index (χ0n) is 10.4. The van der Waals surface area contributed by atoms with E-state index in [1.807, 2.05) is 19.1 Å². The summed E-state index contributed by atoms with van der Waals surface area (Å²) in [7, 11) is 2.10. The Hall–Kier alpha value is -1.29. The van der Waals surface area contributed by atoms with Crippen molar-refractivity contribution in [1.82, 2.24) is 9.88 Å². The molecule has 0 bridgehead atoms. The third kappa shape index (κ3) is 4.06. The number of nitrogens with one attached hydrogen (secondary N) is 1. The Morgan fingerprint density at radius 3 is 2.94 bits per heavy atom. The van der Waals surface area contributed by atoms with Crippen LogP contribution in [0.15, 0.2) is 18.3 Å². The zero-order chi connectivity index (χ0) is 11.8. The maximum atomic E-state index is 5.48. The molecule has 1 rings (SSSR count). The monoisotopic (exact) mass is 223 g/mol. The first-order valence-corrected chi connectivity index (χ1v) is 5.78. The fourth-order valence-electron chi connectivity index (χ4n) is 1.32. The van der Waals surface area contributed by atoms with Crippen LogP contribution in [0.5, 0.6) is 5.75 Å². The van der Waals surface area contributed by atoms with Gasteiger partial charge >= 0.3 is 0 Å². The van der Waals surface area contributed by atoms with Gasteiger partial charge in [-0.15, -0.1) is 0 Å². The molecule has 4 heteroatoms. The van der Waals surface area contributed by atoms with Crippen LogP contribution >= 0.6 is 0 Å². The largest absolute Gasteiger partial charge is 0.490 e. The molecule has 0 atom stereocenters. The maximum absolute atomic E-state index is 5.48. The van der Waals surface area contributed by atoms with Crippen molar-refractivity contribution in [3.8, 4) is 5.75 Å². The SMILES string of the molecule is CCOc1cccnc1NCCN(C)CC. The van der Waals surface area contributed by atoms with Crippen LogP contribution in [0, 0.1) is 0 Å². The molecule has 1 aromatic heterocycles. The van der Waals surface area contributed by atoms with Crippen molar-refractivity contribution >= 4 is 5.82 Å². The molecule has 1 N–H and O–H groups in total. The first kappa shape index (κ1) is 12.8. The van der Waals surface area contributed by atoms with Crippen molar-refractivity contribution in [1.29, 1.82) is 0 Å². The zero-order valence-corrected chi connectivity index (χ0v) is 10.4. The number of ether oxygens (including phenoxy) is 1. The molecule has 16 heavy (non-hydrogen) atoms. The number of likely N-dealkylation sites (N-methyl/N-ethyl adjacent to an activating group) is 1. The third-order valence-corrected chi connectivity index (χ3v) is 2.40. The van der Waals surface area contributed by atoms with Gasteiger partial charge in [-0.05, 0) is 32.6 Å². The molecule has 0 aliphatic carbocycles. The predicted octanol–water partition coefficient (Wildman–Crippen LogP) is 1.84. The van der Waals surface area contributed by atoms with Gasteiger partial charge in [0.15, 0.2) is 11.6 Å². The molecular weight excluding hydrogens is 202 g/mol. The Morgan fingerprint density at radius 1 is 1.44 bits per heavy atom. The Kier molecular flexibility index (Phi) is 5.64. The van der Waals surface area contributed by atoms with E-state index in [-0.39, 0.29) is 0 Å². The van der Waals surface area contributed by atoms with Gasteiger partial charge in [0.25, 0.3) is 0 Å². The van der Waals surface area contributed by atoms with E-state index in [0.717, 1.165) is 31.2 Å². The van der Waals surface area contributed by atoms with Crippen LogP contribution in [0.4, 0.5) is 5.82 Å². The van der Waals surface area contributed by atoms with Crippen molar-refractivity contribution in [3.63, 3.8) is 0 Å². The summed E-state index contributed by atoms with van der Waals surface area (Å²) in [4.78, 5) is 6.51. The molecule has 1 heterocycles. The Bertz CT molecular complexity index is 304. The number of hydrogen-bond acceptors (Lipinski definition) is 4.